The van der Waals surface area contributed by atoms with Gasteiger partial charge in [0, 0.05) is 12.1 Å². The largest absolute Gasteiger partial charge is 0.490 e. The molecule has 2 rings (SSSR count). The second-order valence-electron chi connectivity index (χ2n) is 6.46. The first-order valence-electron chi connectivity index (χ1n) is 8.83. The molecule has 0 aliphatic carbocycles. The SMILES string of the molecule is CCC(C)Oc1cc(C)ccc1CNC(=O)[C@@H](N)Cc1ccccc1. The van der Waals surface area contributed by atoms with Gasteiger partial charge in [-0.3, -0.25) is 4.79 Å². The molecule has 0 spiro atoms. The topological polar surface area (TPSA) is 64.3 Å². The van der Waals surface area contributed by atoms with Crippen LogP contribution in [0.1, 0.15) is 37.0 Å². The zero-order chi connectivity index (χ0) is 18.2. The lowest BCUT2D eigenvalue weighted by Gasteiger charge is -2.18. The van der Waals surface area contributed by atoms with Crippen LogP contribution >= 0.6 is 0 Å². The van der Waals surface area contributed by atoms with Crippen molar-refractivity contribution in [3.63, 3.8) is 0 Å². The molecule has 1 amide bonds. The van der Waals surface area contributed by atoms with E-state index >= 15 is 0 Å². The van der Waals surface area contributed by atoms with Crippen LogP contribution in [-0.2, 0) is 17.8 Å². The Morgan fingerprint density at radius 1 is 1.20 bits per heavy atom. The van der Waals surface area contributed by atoms with Gasteiger partial charge in [0.1, 0.15) is 5.75 Å². The fourth-order valence-corrected chi connectivity index (χ4v) is 2.49. The number of rotatable bonds is 8. The maximum absolute atomic E-state index is 12.3. The number of carbonyl (C=O) groups is 1. The average molecular weight is 340 g/mol. The van der Waals surface area contributed by atoms with Crippen LogP contribution in [0.5, 0.6) is 5.75 Å². The van der Waals surface area contributed by atoms with Gasteiger partial charge < -0.3 is 15.8 Å². The molecule has 2 aromatic carbocycles. The zero-order valence-corrected chi connectivity index (χ0v) is 15.3. The third-order valence-corrected chi connectivity index (χ3v) is 4.21. The Hall–Kier alpha value is -2.33. The number of nitrogens with two attached hydrogens (primary N) is 1. The molecule has 2 atom stereocenters. The minimum Gasteiger partial charge on any atom is -0.490 e. The van der Waals surface area contributed by atoms with Crippen LogP contribution < -0.4 is 15.8 Å². The Morgan fingerprint density at radius 2 is 1.92 bits per heavy atom. The van der Waals surface area contributed by atoms with Crippen LogP contribution in [0.4, 0.5) is 0 Å². The Morgan fingerprint density at radius 3 is 2.60 bits per heavy atom. The molecule has 3 N–H and O–H groups in total. The van der Waals surface area contributed by atoms with E-state index in [1.807, 2.05) is 62.4 Å². The lowest BCUT2D eigenvalue weighted by Crippen LogP contribution is -2.41. The summed E-state index contributed by atoms with van der Waals surface area (Å²) in [6.07, 6.45) is 1.59. The number of amides is 1. The highest BCUT2D eigenvalue weighted by Crippen LogP contribution is 2.22. The van der Waals surface area contributed by atoms with E-state index < -0.39 is 6.04 Å². The summed E-state index contributed by atoms with van der Waals surface area (Å²) >= 11 is 0. The molecule has 0 aromatic heterocycles. The molecular formula is C21H28N2O2. The van der Waals surface area contributed by atoms with E-state index in [0.717, 1.165) is 28.9 Å². The number of hydrogen-bond donors (Lipinski definition) is 2. The van der Waals surface area contributed by atoms with Gasteiger partial charge in [-0.15, -0.1) is 0 Å². The summed E-state index contributed by atoms with van der Waals surface area (Å²) in [5.41, 5.74) is 9.19. The lowest BCUT2D eigenvalue weighted by atomic mass is 10.1. The fraction of sp³-hybridized carbons (Fsp3) is 0.381. The molecule has 25 heavy (non-hydrogen) atoms. The molecule has 4 heteroatoms. The van der Waals surface area contributed by atoms with E-state index in [2.05, 4.69) is 12.2 Å². The fourth-order valence-electron chi connectivity index (χ4n) is 2.49. The number of carbonyl (C=O) groups excluding carboxylic acids is 1. The van der Waals surface area contributed by atoms with Crippen LogP contribution in [0.15, 0.2) is 48.5 Å². The first-order chi connectivity index (χ1) is 12.0. The van der Waals surface area contributed by atoms with Gasteiger partial charge in [0.25, 0.3) is 0 Å². The Bertz CT molecular complexity index is 686. The van der Waals surface area contributed by atoms with Gasteiger partial charge in [-0.25, -0.2) is 0 Å². The van der Waals surface area contributed by atoms with Gasteiger partial charge in [-0.05, 0) is 43.9 Å². The molecule has 0 saturated carbocycles. The van der Waals surface area contributed by atoms with Crippen molar-refractivity contribution in [2.45, 2.75) is 52.3 Å². The molecule has 0 heterocycles. The third kappa shape index (κ3) is 5.91. The summed E-state index contributed by atoms with van der Waals surface area (Å²) in [4.78, 5) is 12.3. The van der Waals surface area contributed by atoms with Crippen molar-refractivity contribution in [1.82, 2.24) is 5.32 Å². The van der Waals surface area contributed by atoms with Gasteiger partial charge in [0.2, 0.25) is 5.91 Å². The summed E-state index contributed by atoms with van der Waals surface area (Å²) in [5.74, 6) is 0.671. The zero-order valence-electron chi connectivity index (χ0n) is 15.3. The van der Waals surface area contributed by atoms with Crippen LogP contribution in [0.2, 0.25) is 0 Å². The molecular weight excluding hydrogens is 312 g/mol. The maximum Gasteiger partial charge on any atom is 0.237 e. The summed E-state index contributed by atoms with van der Waals surface area (Å²) in [6, 6.07) is 15.3. The third-order valence-electron chi connectivity index (χ3n) is 4.21. The molecule has 4 nitrogen and oxygen atoms in total. The van der Waals surface area contributed by atoms with Crippen molar-refractivity contribution in [3.05, 3.63) is 65.2 Å². The highest BCUT2D eigenvalue weighted by molar-refractivity contribution is 5.81. The molecule has 134 valence electrons. The highest BCUT2D eigenvalue weighted by Gasteiger charge is 2.15. The van der Waals surface area contributed by atoms with E-state index in [1.165, 1.54) is 0 Å². The summed E-state index contributed by atoms with van der Waals surface area (Å²) < 4.78 is 5.98. The molecule has 0 fully saturated rings. The second kappa shape index (κ2) is 9.23. The minimum absolute atomic E-state index is 0.136. The van der Waals surface area contributed by atoms with E-state index in [-0.39, 0.29) is 12.0 Å². The van der Waals surface area contributed by atoms with E-state index in [4.69, 9.17) is 10.5 Å². The summed E-state index contributed by atoms with van der Waals surface area (Å²) in [7, 11) is 0. The van der Waals surface area contributed by atoms with Crippen molar-refractivity contribution in [1.29, 1.82) is 0 Å². The number of hydrogen-bond acceptors (Lipinski definition) is 3. The van der Waals surface area contributed by atoms with Gasteiger partial charge in [0.15, 0.2) is 0 Å². The van der Waals surface area contributed by atoms with Crippen LogP contribution in [0, 0.1) is 6.92 Å². The predicted molar refractivity (Wildman–Crippen MR) is 102 cm³/mol. The highest BCUT2D eigenvalue weighted by atomic mass is 16.5. The van der Waals surface area contributed by atoms with Crippen molar-refractivity contribution < 1.29 is 9.53 Å². The minimum atomic E-state index is -0.563. The van der Waals surface area contributed by atoms with Crippen molar-refractivity contribution in [3.8, 4) is 5.75 Å². The maximum atomic E-state index is 12.3. The smallest absolute Gasteiger partial charge is 0.237 e. The normalized spacial score (nSPS) is 13.1. The van der Waals surface area contributed by atoms with Crippen molar-refractivity contribution in [2.75, 3.05) is 0 Å². The molecule has 1 unspecified atom stereocenters. The first-order valence-corrected chi connectivity index (χ1v) is 8.83. The Balaban J connectivity index is 1.96. The first kappa shape index (κ1) is 19.0. The number of aryl methyl sites for hydroxylation is 1. The predicted octanol–water partition coefficient (Wildman–Crippen LogP) is 3.36. The van der Waals surface area contributed by atoms with Crippen molar-refractivity contribution in [2.24, 2.45) is 5.73 Å². The summed E-state index contributed by atoms with van der Waals surface area (Å²) in [6.45, 7) is 6.57. The van der Waals surface area contributed by atoms with Crippen molar-refractivity contribution >= 4 is 5.91 Å². The van der Waals surface area contributed by atoms with E-state index in [9.17, 15) is 4.79 Å². The standard InChI is InChI=1S/C21H28N2O2/c1-4-16(3)25-20-12-15(2)10-11-18(20)14-23-21(24)19(22)13-17-8-6-5-7-9-17/h5-12,16,19H,4,13-14,22H2,1-3H3,(H,23,24)/t16?,19-/m0/s1. The van der Waals surface area contributed by atoms with Gasteiger partial charge in [0.05, 0.1) is 12.1 Å². The average Bonchev–Trinajstić information content (AvgIpc) is 2.61. The molecule has 0 saturated heterocycles. The quantitative estimate of drug-likeness (QED) is 0.774. The second-order valence-corrected chi connectivity index (χ2v) is 6.46. The number of nitrogens with one attached hydrogen (secondary N) is 1. The number of benzene rings is 2. The van der Waals surface area contributed by atoms with E-state index in [0.29, 0.717) is 13.0 Å². The molecule has 0 aliphatic heterocycles. The van der Waals surface area contributed by atoms with Crippen LogP contribution in [-0.4, -0.2) is 18.1 Å². The molecule has 2 aromatic rings. The molecule has 0 aliphatic rings. The monoisotopic (exact) mass is 340 g/mol. The van der Waals surface area contributed by atoms with E-state index in [1.54, 1.807) is 0 Å². The Kier molecular flexibility index (Phi) is 7.02. The van der Waals surface area contributed by atoms with Gasteiger partial charge in [-0.1, -0.05) is 49.4 Å². The molecule has 0 bridgehead atoms. The van der Waals surface area contributed by atoms with Crippen LogP contribution in [0.25, 0.3) is 0 Å². The molecule has 0 radical (unpaired) electrons. The Labute approximate surface area is 150 Å². The summed E-state index contributed by atoms with van der Waals surface area (Å²) in [5, 5.41) is 2.93. The lowest BCUT2D eigenvalue weighted by molar-refractivity contribution is -0.122. The van der Waals surface area contributed by atoms with Gasteiger partial charge >= 0.3 is 0 Å². The van der Waals surface area contributed by atoms with Gasteiger partial charge in [-0.2, -0.15) is 0 Å². The number of ether oxygens (including phenoxy) is 1. The van der Waals surface area contributed by atoms with Crippen LogP contribution in [0.3, 0.4) is 0 Å².